The van der Waals surface area contributed by atoms with Crippen LogP contribution in [0.15, 0.2) is 24.3 Å². The Morgan fingerprint density at radius 3 is 2.79 bits per heavy atom. The molecular weight excluding hydrogens is 258 g/mol. The van der Waals surface area contributed by atoms with Gasteiger partial charge in [-0.05, 0) is 36.9 Å². The van der Waals surface area contributed by atoms with Crippen molar-refractivity contribution in [3.63, 3.8) is 0 Å². The summed E-state index contributed by atoms with van der Waals surface area (Å²) in [5, 5.41) is 4.36. The van der Waals surface area contributed by atoms with Crippen LogP contribution >= 0.6 is 11.6 Å². The molecule has 2 nitrogen and oxygen atoms in total. The lowest BCUT2D eigenvalue weighted by atomic mass is 9.94. The van der Waals surface area contributed by atoms with E-state index < -0.39 is 0 Å². The van der Waals surface area contributed by atoms with E-state index in [9.17, 15) is 0 Å². The van der Waals surface area contributed by atoms with E-state index in [1.807, 2.05) is 12.1 Å². The third kappa shape index (κ3) is 6.95. The molecule has 1 aromatic rings. The zero-order chi connectivity index (χ0) is 13.9. The van der Waals surface area contributed by atoms with Crippen LogP contribution in [0.2, 0.25) is 5.02 Å². The van der Waals surface area contributed by atoms with Gasteiger partial charge in [0.1, 0.15) is 0 Å². The third-order valence-corrected chi connectivity index (χ3v) is 3.72. The van der Waals surface area contributed by atoms with Crippen molar-refractivity contribution in [3.8, 4) is 0 Å². The Kier molecular flexibility index (Phi) is 8.89. The molecule has 1 atom stereocenters. The van der Waals surface area contributed by atoms with E-state index in [0.29, 0.717) is 5.92 Å². The van der Waals surface area contributed by atoms with Crippen molar-refractivity contribution >= 4 is 11.6 Å². The maximum Gasteiger partial charge on any atom is 0.0587 e. The smallest absolute Gasteiger partial charge is 0.0587 e. The fourth-order valence-electron chi connectivity index (χ4n) is 2.22. The molecule has 1 aromatic carbocycles. The second kappa shape index (κ2) is 10.2. The van der Waals surface area contributed by atoms with Crippen LogP contribution in [-0.2, 0) is 11.2 Å². The lowest BCUT2D eigenvalue weighted by molar-refractivity contribution is 0.197. The Bertz CT molecular complexity index is 343. The average Bonchev–Trinajstić information content (AvgIpc) is 2.43. The highest BCUT2D eigenvalue weighted by molar-refractivity contribution is 6.31. The van der Waals surface area contributed by atoms with Crippen LogP contribution in [0.25, 0.3) is 0 Å². The quantitative estimate of drug-likeness (QED) is 0.657. The number of methoxy groups -OCH3 is 1. The van der Waals surface area contributed by atoms with Crippen LogP contribution in [0.5, 0.6) is 0 Å². The van der Waals surface area contributed by atoms with Gasteiger partial charge in [-0.2, -0.15) is 0 Å². The van der Waals surface area contributed by atoms with Gasteiger partial charge in [-0.15, -0.1) is 0 Å². The first-order valence-corrected chi connectivity index (χ1v) is 7.58. The summed E-state index contributed by atoms with van der Waals surface area (Å²) in [5.41, 5.74) is 1.26. The summed E-state index contributed by atoms with van der Waals surface area (Å²) in [5.74, 6) is 0.650. The summed E-state index contributed by atoms with van der Waals surface area (Å²) in [6.45, 7) is 4.97. The molecule has 3 heteroatoms. The highest BCUT2D eigenvalue weighted by atomic mass is 35.5. The van der Waals surface area contributed by atoms with Gasteiger partial charge in [-0.3, -0.25) is 0 Å². The van der Waals surface area contributed by atoms with Gasteiger partial charge in [0.05, 0.1) is 6.61 Å². The first-order chi connectivity index (χ1) is 9.27. The number of ether oxygens (including phenoxy) is 1. The predicted molar refractivity (Wildman–Crippen MR) is 82.9 cm³/mol. The van der Waals surface area contributed by atoms with E-state index in [1.165, 1.54) is 24.8 Å². The Hall–Kier alpha value is -0.570. The van der Waals surface area contributed by atoms with Crippen molar-refractivity contribution < 1.29 is 4.74 Å². The van der Waals surface area contributed by atoms with Crippen molar-refractivity contribution in [2.45, 2.75) is 32.6 Å². The lowest BCUT2D eigenvalue weighted by Crippen LogP contribution is -2.27. The molecule has 0 fully saturated rings. The van der Waals surface area contributed by atoms with Gasteiger partial charge in [0.15, 0.2) is 0 Å². The third-order valence-electron chi connectivity index (χ3n) is 3.35. The van der Waals surface area contributed by atoms with E-state index in [2.05, 4.69) is 24.4 Å². The molecule has 1 rings (SSSR count). The molecule has 0 aromatic heterocycles. The molecular formula is C16H26ClNO. The fraction of sp³-hybridized carbons (Fsp3) is 0.625. The van der Waals surface area contributed by atoms with E-state index in [-0.39, 0.29) is 0 Å². The Balaban J connectivity index is 2.46. The normalized spacial score (nSPS) is 12.6. The summed E-state index contributed by atoms with van der Waals surface area (Å²) < 4.78 is 5.06. The average molecular weight is 284 g/mol. The second-order valence-corrected chi connectivity index (χ2v) is 5.41. The topological polar surface area (TPSA) is 21.3 Å². The van der Waals surface area contributed by atoms with Crippen molar-refractivity contribution in [1.29, 1.82) is 0 Å². The monoisotopic (exact) mass is 283 g/mol. The molecule has 19 heavy (non-hydrogen) atoms. The molecule has 0 heterocycles. The first-order valence-electron chi connectivity index (χ1n) is 7.21. The molecule has 0 saturated carbocycles. The largest absolute Gasteiger partial charge is 0.383 e. The minimum Gasteiger partial charge on any atom is -0.383 e. The molecule has 108 valence electrons. The van der Waals surface area contributed by atoms with Gasteiger partial charge in [0.25, 0.3) is 0 Å². The summed E-state index contributed by atoms with van der Waals surface area (Å²) in [6, 6.07) is 8.17. The van der Waals surface area contributed by atoms with E-state index in [1.54, 1.807) is 7.11 Å². The molecule has 0 bridgehead atoms. The van der Waals surface area contributed by atoms with Crippen molar-refractivity contribution in [3.05, 3.63) is 34.9 Å². The zero-order valence-electron chi connectivity index (χ0n) is 12.1. The van der Waals surface area contributed by atoms with E-state index in [0.717, 1.165) is 31.1 Å². The summed E-state index contributed by atoms with van der Waals surface area (Å²) in [7, 11) is 1.74. The first kappa shape index (κ1) is 16.5. The molecule has 0 aliphatic rings. The van der Waals surface area contributed by atoms with Crippen LogP contribution < -0.4 is 5.32 Å². The van der Waals surface area contributed by atoms with Gasteiger partial charge in [0.2, 0.25) is 0 Å². The maximum atomic E-state index is 6.25. The summed E-state index contributed by atoms with van der Waals surface area (Å²) in [6.07, 6.45) is 4.83. The second-order valence-electron chi connectivity index (χ2n) is 5.00. The highest BCUT2D eigenvalue weighted by Gasteiger charge is 2.11. The van der Waals surface area contributed by atoms with Crippen LogP contribution in [0.1, 0.15) is 31.7 Å². The minimum atomic E-state index is 0.650. The number of nitrogens with one attached hydrogen (secondary N) is 1. The number of unbranched alkanes of at least 4 members (excludes halogenated alkanes) is 1. The van der Waals surface area contributed by atoms with Gasteiger partial charge in [-0.25, -0.2) is 0 Å². The molecule has 0 aliphatic heterocycles. The number of hydrogen-bond donors (Lipinski definition) is 1. The number of halogens is 1. The van der Waals surface area contributed by atoms with E-state index >= 15 is 0 Å². The van der Waals surface area contributed by atoms with Crippen molar-refractivity contribution in [1.82, 2.24) is 5.32 Å². The number of hydrogen-bond acceptors (Lipinski definition) is 2. The van der Waals surface area contributed by atoms with E-state index in [4.69, 9.17) is 16.3 Å². The van der Waals surface area contributed by atoms with Gasteiger partial charge >= 0.3 is 0 Å². The SMILES string of the molecule is CCCCC(CNCCOC)Cc1ccccc1Cl. The highest BCUT2D eigenvalue weighted by Crippen LogP contribution is 2.21. The molecule has 0 radical (unpaired) electrons. The standard InChI is InChI=1S/C16H26ClNO/c1-3-4-7-14(13-18-10-11-19-2)12-15-8-5-6-9-16(15)17/h5-6,8-9,14,18H,3-4,7,10-13H2,1-2H3. The van der Waals surface area contributed by atoms with Gasteiger partial charge < -0.3 is 10.1 Å². The maximum absolute atomic E-state index is 6.25. The number of benzene rings is 1. The van der Waals surface area contributed by atoms with Crippen LogP contribution in [0.4, 0.5) is 0 Å². The Morgan fingerprint density at radius 1 is 1.32 bits per heavy atom. The predicted octanol–water partition coefficient (Wildman–Crippen LogP) is 3.92. The van der Waals surface area contributed by atoms with Gasteiger partial charge in [-0.1, -0.05) is 49.6 Å². The molecule has 0 amide bonds. The molecule has 0 saturated heterocycles. The Labute approximate surface area is 122 Å². The Morgan fingerprint density at radius 2 is 2.11 bits per heavy atom. The molecule has 0 aliphatic carbocycles. The summed E-state index contributed by atoms with van der Waals surface area (Å²) in [4.78, 5) is 0. The molecule has 1 unspecified atom stereocenters. The molecule has 1 N–H and O–H groups in total. The van der Waals surface area contributed by atoms with Gasteiger partial charge in [0, 0.05) is 18.7 Å². The van der Waals surface area contributed by atoms with Crippen LogP contribution in [0.3, 0.4) is 0 Å². The summed E-state index contributed by atoms with van der Waals surface area (Å²) >= 11 is 6.25. The van der Waals surface area contributed by atoms with Crippen molar-refractivity contribution in [2.75, 3.05) is 26.8 Å². The van der Waals surface area contributed by atoms with Crippen LogP contribution in [0, 0.1) is 5.92 Å². The zero-order valence-corrected chi connectivity index (χ0v) is 12.9. The van der Waals surface area contributed by atoms with Crippen LogP contribution in [-0.4, -0.2) is 26.8 Å². The molecule has 0 spiro atoms. The minimum absolute atomic E-state index is 0.650. The fourth-order valence-corrected chi connectivity index (χ4v) is 2.44. The van der Waals surface area contributed by atoms with Crippen molar-refractivity contribution in [2.24, 2.45) is 5.92 Å². The lowest BCUT2D eigenvalue weighted by Gasteiger charge is -2.18. The number of rotatable bonds is 10.